The van der Waals surface area contributed by atoms with E-state index in [4.69, 9.17) is 0 Å². The van der Waals surface area contributed by atoms with Gasteiger partial charge >= 0.3 is 6.18 Å². The first kappa shape index (κ1) is 10.1. The van der Waals surface area contributed by atoms with E-state index >= 15 is 0 Å². The van der Waals surface area contributed by atoms with Crippen LogP contribution in [0.25, 0.3) is 0 Å². The molecule has 70 valence electrons. The molecule has 0 bridgehead atoms. The summed E-state index contributed by atoms with van der Waals surface area (Å²) < 4.78 is 35.3. The second kappa shape index (κ2) is 2.76. The van der Waals surface area contributed by atoms with Crippen LogP contribution in [-0.2, 0) is 0 Å². The minimum Gasteiger partial charge on any atom is -0.166 e. The van der Waals surface area contributed by atoms with E-state index in [9.17, 15) is 13.2 Å². The zero-order chi connectivity index (χ0) is 9.57. The minimum absolute atomic E-state index is 0.0598. The first-order valence-corrected chi connectivity index (χ1v) is 4.47. The van der Waals surface area contributed by atoms with Gasteiger partial charge in [0.1, 0.15) is 0 Å². The van der Waals surface area contributed by atoms with Gasteiger partial charge in [0.25, 0.3) is 0 Å². The second-order valence-electron chi connectivity index (χ2n) is 3.81. The number of halogens is 4. The fourth-order valence-corrected chi connectivity index (χ4v) is 1.38. The topological polar surface area (TPSA) is 0 Å². The SMILES string of the molecule is CC1(C)CC1/C=C(\Br)C(F)(F)F. The smallest absolute Gasteiger partial charge is 0.166 e. The lowest BCUT2D eigenvalue weighted by Gasteiger charge is -2.04. The molecule has 0 aromatic heterocycles. The van der Waals surface area contributed by atoms with Crippen molar-refractivity contribution in [3.8, 4) is 0 Å². The summed E-state index contributed by atoms with van der Waals surface area (Å²) in [4.78, 5) is 0. The Morgan fingerprint density at radius 3 is 2.17 bits per heavy atom. The highest BCUT2D eigenvalue weighted by Gasteiger charge is 2.45. The number of rotatable bonds is 1. The van der Waals surface area contributed by atoms with Crippen LogP contribution >= 0.6 is 15.9 Å². The monoisotopic (exact) mass is 242 g/mol. The summed E-state index contributed by atoms with van der Waals surface area (Å²) in [6.07, 6.45) is -2.11. The summed E-state index contributed by atoms with van der Waals surface area (Å²) in [5, 5.41) is 0. The van der Waals surface area contributed by atoms with E-state index in [-0.39, 0.29) is 11.3 Å². The molecule has 0 heterocycles. The van der Waals surface area contributed by atoms with Crippen LogP contribution in [0.5, 0.6) is 0 Å². The van der Waals surface area contributed by atoms with E-state index in [0.29, 0.717) is 0 Å². The summed E-state index contributed by atoms with van der Waals surface area (Å²) in [5.74, 6) is 0.0773. The highest BCUT2D eigenvalue weighted by Crippen LogP contribution is 2.54. The van der Waals surface area contributed by atoms with E-state index in [0.717, 1.165) is 6.42 Å². The number of allylic oxidation sites excluding steroid dienone is 2. The highest BCUT2D eigenvalue weighted by molar-refractivity contribution is 9.11. The average Bonchev–Trinajstić information content (AvgIpc) is 2.36. The van der Waals surface area contributed by atoms with Crippen LogP contribution in [0.3, 0.4) is 0 Å². The van der Waals surface area contributed by atoms with Crippen molar-refractivity contribution >= 4 is 15.9 Å². The van der Waals surface area contributed by atoms with Crippen molar-refractivity contribution in [2.24, 2.45) is 11.3 Å². The van der Waals surface area contributed by atoms with Crippen LogP contribution in [0.2, 0.25) is 0 Å². The van der Waals surface area contributed by atoms with Crippen LogP contribution in [-0.4, -0.2) is 6.18 Å². The van der Waals surface area contributed by atoms with Crippen molar-refractivity contribution in [1.29, 1.82) is 0 Å². The van der Waals surface area contributed by atoms with Gasteiger partial charge in [0.05, 0.1) is 4.48 Å². The fourth-order valence-electron chi connectivity index (χ4n) is 1.06. The van der Waals surface area contributed by atoms with Crippen molar-refractivity contribution in [2.75, 3.05) is 0 Å². The van der Waals surface area contributed by atoms with Gasteiger partial charge < -0.3 is 0 Å². The normalized spacial score (nSPS) is 28.8. The molecule has 1 saturated carbocycles. The first-order valence-electron chi connectivity index (χ1n) is 3.68. The van der Waals surface area contributed by atoms with Gasteiger partial charge in [0.15, 0.2) is 0 Å². The maximum atomic E-state index is 12.0. The molecule has 1 atom stereocenters. The Morgan fingerprint density at radius 2 is 1.92 bits per heavy atom. The van der Waals surface area contributed by atoms with Crippen molar-refractivity contribution in [1.82, 2.24) is 0 Å². The van der Waals surface area contributed by atoms with Crippen LogP contribution in [0.15, 0.2) is 10.6 Å². The van der Waals surface area contributed by atoms with Crippen LogP contribution in [0, 0.1) is 11.3 Å². The molecule has 0 nitrogen and oxygen atoms in total. The molecule has 0 aromatic rings. The van der Waals surface area contributed by atoms with Crippen molar-refractivity contribution in [3.63, 3.8) is 0 Å². The molecule has 0 spiro atoms. The number of alkyl halides is 3. The first-order chi connectivity index (χ1) is 5.23. The molecule has 0 aromatic carbocycles. The molecule has 0 aliphatic heterocycles. The van der Waals surface area contributed by atoms with Crippen molar-refractivity contribution < 1.29 is 13.2 Å². The van der Waals surface area contributed by atoms with Gasteiger partial charge in [-0.15, -0.1) is 0 Å². The minimum atomic E-state index is -4.22. The van der Waals surface area contributed by atoms with Gasteiger partial charge in [-0.3, -0.25) is 0 Å². The van der Waals surface area contributed by atoms with Crippen molar-refractivity contribution in [3.05, 3.63) is 10.6 Å². The highest BCUT2D eigenvalue weighted by atomic mass is 79.9. The molecule has 1 rings (SSSR count). The van der Waals surface area contributed by atoms with E-state index in [1.807, 2.05) is 13.8 Å². The summed E-state index contributed by atoms with van der Waals surface area (Å²) in [7, 11) is 0. The van der Waals surface area contributed by atoms with Crippen LogP contribution in [0.1, 0.15) is 20.3 Å². The third kappa shape index (κ3) is 2.25. The fraction of sp³-hybridized carbons (Fsp3) is 0.750. The van der Waals surface area contributed by atoms with E-state index < -0.39 is 10.7 Å². The zero-order valence-electron chi connectivity index (χ0n) is 6.87. The summed E-state index contributed by atoms with van der Waals surface area (Å²) in [5.41, 5.74) is 0.0598. The third-order valence-corrected chi connectivity index (χ3v) is 2.92. The lowest BCUT2D eigenvalue weighted by atomic mass is 10.1. The second-order valence-corrected chi connectivity index (χ2v) is 4.67. The Labute approximate surface area is 78.0 Å². The lowest BCUT2D eigenvalue weighted by Crippen LogP contribution is -2.07. The summed E-state index contributed by atoms with van der Waals surface area (Å²) in [6.45, 7) is 3.93. The molecular weight excluding hydrogens is 233 g/mol. The van der Waals surface area contributed by atoms with Gasteiger partial charge in [-0.25, -0.2) is 0 Å². The summed E-state index contributed by atoms with van der Waals surface area (Å²) in [6, 6.07) is 0. The predicted molar refractivity (Wildman–Crippen MR) is 45.0 cm³/mol. The Hall–Kier alpha value is 0.01000. The predicted octanol–water partition coefficient (Wildman–Crippen LogP) is 3.87. The molecular formula is C8H10BrF3. The maximum Gasteiger partial charge on any atom is 0.422 e. The quantitative estimate of drug-likeness (QED) is 0.655. The van der Waals surface area contributed by atoms with Gasteiger partial charge in [0.2, 0.25) is 0 Å². The maximum absolute atomic E-state index is 12.0. The van der Waals surface area contributed by atoms with Gasteiger partial charge in [-0.1, -0.05) is 19.9 Å². The third-order valence-electron chi connectivity index (χ3n) is 2.21. The number of hydrogen-bond acceptors (Lipinski definition) is 0. The molecule has 4 heteroatoms. The van der Waals surface area contributed by atoms with E-state index in [1.54, 1.807) is 0 Å². The molecule has 12 heavy (non-hydrogen) atoms. The molecule has 1 fully saturated rings. The van der Waals surface area contributed by atoms with Crippen molar-refractivity contribution in [2.45, 2.75) is 26.4 Å². The Morgan fingerprint density at radius 1 is 1.50 bits per heavy atom. The zero-order valence-corrected chi connectivity index (χ0v) is 8.46. The van der Waals surface area contributed by atoms with Crippen LogP contribution in [0.4, 0.5) is 13.2 Å². The standard InChI is InChI=1S/C8H10BrF3/c1-7(2)4-5(7)3-6(9)8(10,11)12/h3,5H,4H2,1-2H3/b6-3-. The molecule has 0 amide bonds. The average molecular weight is 243 g/mol. The largest absolute Gasteiger partial charge is 0.422 e. The molecule has 0 radical (unpaired) electrons. The molecule has 1 aliphatic rings. The van der Waals surface area contributed by atoms with E-state index in [1.165, 1.54) is 6.08 Å². The van der Waals surface area contributed by atoms with Gasteiger partial charge in [-0.2, -0.15) is 13.2 Å². The molecule has 0 saturated heterocycles. The van der Waals surface area contributed by atoms with Crippen LogP contribution < -0.4 is 0 Å². The molecule has 1 unspecified atom stereocenters. The summed E-state index contributed by atoms with van der Waals surface area (Å²) >= 11 is 2.53. The van der Waals surface area contributed by atoms with Gasteiger partial charge in [0, 0.05) is 0 Å². The van der Waals surface area contributed by atoms with E-state index in [2.05, 4.69) is 15.9 Å². The molecule has 1 aliphatic carbocycles. The Balaban J connectivity index is 2.60. The lowest BCUT2D eigenvalue weighted by molar-refractivity contribution is -0.0831. The molecule has 0 N–H and O–H groups in total. The number of hydrogen-bond donors (Lipinski definition) is 0. The Kier molecular flexibility index (Phi) is 2.32. The van der Waals surface area contributed by atoms with Gasteiger partial charge in [-0.05, 0) is 33.7 Å². The Bertz CT molecular complexity index is 215.